The molecule has 1 N–H and O–H groups in total. The number of ether oxygens (including phenoxy) is 1. The molecule has 0 aliphatic rings. The maximum Gasteiger partial charge on any atom is 0.0833 e. The van der Waals surface area contributed by atoms with Crippen LogP contribution in [0.2, 0.25) is 0 Å². The average molecular weight is 360 g/mol. The summed E-state index contributed by atoms with van der Waals surface area (Å²) >= 11 is 3.67. The third-order valence-corrected chi connectivity index (χ3v) is 4.10. The highest BCUT2D eigenvalue weighted by atomic mass is 79.9. The number of aromatic nitrogens is 2. The minimum absolute atomic E-state index is 0.0452. The predicted molar refractivity (Wildman–Crippen MR) is 91.5 cm³/mol. The molecule has 0 aliphatic heterocycles. The molecule has 4 nitrogen and oxygen atoms in total. The summed E-state index contributed by atoms with van der Waals surface area (Å²) in [6, 6.07) is 0.123. The van der Waals surface area contributed by atoms with Crippen LogP contribution in [0.5, 0.6) is 0 Å². The van der Waals surface area contributed by atoms with Crippen molar-refractivity contribution in [1.29, 1.82) is 0 Å². The smallest absolute Gasteiger partial charge is 0.0833 e. The van der Waals surface area contributed by atoms with Crippen molar-refractivity contribution < 1.29 is 4.74 Å². The maximum atomic E-state index is 6.11. The Kier molecular flexibility index (Phi) is 7.37. The van der Waals surface area contributed by atoms with Crippen LogP contribution >= 0.6 is 15.9 Å². The van der Waals surface area contributed by atoms with Crippen LogP contribution < -0.4 is 5.32 Å². The Balaban J connectivity index is 3.23. The lowest BCUT2D eigenvalue weighted by Crippen LogP contribution is -2.43. The Bertz CT molecular complexity index is 426. The van der Waals surface area contributed by atoms with Crippen LogP contribution in [0.1, 0.15) is 59.7 Å². The fourth-order valence-electron chi connectivity index (χ4n) is 2.66. The van der Waals surface area contributed by atoms with Gasteiger partial charge in [-0.25, -0.2) is 0 Å². The van der Waals surface area contributed by atoms with Gasteiger partial charge >= 0.3 is 0 Å². The molecule has 0 amide bonds. The van der Waals surface area contributed by atoms with Crippen molar-refractivity contribution in [2.45, 2.75) is 66.7 Å². The SMILES string of the molecule is CCCn1ncc(Br)c1C(NCC)C(OCC)C(C)(C)C. The van der Waals surface area contributed by atoms with Gasteiger partial charge in [-0.05, 0) is 41.2 Å². The first-order valence-corrected chi connectivity index (χ1v) is 8.72. The zero-order valence-electron chi connectivity index (χ0n) is 14.2. The van der Waals surface area contributed by atoms with Gasteiger partial charge in [0, 0.05) is 13.2 Å². The average Bonchev–Trinajstić information content (AvgIpc) is 2.74. The van der Waals surface area contributed by atoms with Gasteiger partial charge in [-0.1, -0.05) is 34.6 Å². The van der Waals surface area contributed by atoms with Crippen LogP contribution in [0.25, 0.3) is 0 Å². The van der Waals surface area contributed by atoms with Gasteiger partial charge in [-0.3, -0.25) is 4.68 Å². The van der Waals surface area contributed by atoms with E-state index in [-0.39, 0.29) is 17.6 Å². The van der Waals surface area contributed by atoms with E-state index in [0.29, 0.717) is 6.61 Å². The number of likely N-dealkylation sites (N-methyl/N-ethyl adjacent to an activating group) is 1. The number of halogens is 1. The Morgan fingerprint density at radius 1 is 1.33 bits per heavy atom. The van der Waals surface area contributed by atoms with E-state index in [1.165, 1.54) is 5.69 Å². The van der Waals surface area contributed by atoms with Crippen LogP contribution in [0.4, 0.5) is 0 Å². The number of nitrogens with zero attached hydrogens (tertiary/aromatic N) is 2. The minimum Gasteiger partial charge on any atom is -0.376 e. The van der Waals surface area contributed by atoms with Crippen molar-refractivity contribution in [2.75, 3.05) is 13.2 Å². The second-order valence-corrected chi connectivity index (χ2v) is 7.23. The van der Waals surface area contributed by atoms with E-state index < -0.39 is 0 Å². The highest BCUT2D eigenvalue weighted by Crippen LogP contribution is 2.35. The molecular weight excluding hydrogens is 330 g/mol. The summed E-state index contributed by atoms with van der Waals surface area (Å²) in [6.07, 6.45) is 3.04. The molecule has 0 spiro atoms. The second-order valence-electron chi connectivity index (χ2n) is 6.38. The largest absolute Gasteiger partial charge is 0.376 e. The van der Waals surface area contributed by atoms with Crippen molar-refractivity contribution >= 4 is 15.9 Å². The lowest BCUT2D eigenvalue weighted by atomic mass is 9.83. The van der Waals surface area contributed by atoms with E-state index >= 15 is 0 Å². The minimum atomic E-state index is 0.0452. The first-order chi connectivity index (χ1) is 9.86. The first-order valence-electron chi connectivity index (χ1n) is 7.92. The number of hydrogen-bond donors (Lipinski definition) is 1. The van der Waals surface area contributed by atoms with Crippen LogP contribution in [-0.2, 0) is 11.3 Å². The van der Waals surface area contributed by atoms with Gasteiger partial charge in [0.25, 0.3) is 0 Å². The van der Waals surface area contributed by atoms with Gasteiger partial charge in [0.1, 0.15) is 0 Å². The van der Waals surface area contributed by atoms with E-state index in [0.717, 1.165) is 24.0 Å². The normalized spacial score (nSPS) is 15.2. The molecule has 2 unspecified atom stereocenters. The summed E-state index contributed by atoms with van der Waals surface area (Å²) in [7, 11) is 0. The fourth-order valence-corrected chi connectivity index (χ4v) is 3.21. The van der Waals surface area contributed by atoms with E-state index in [9.17, 15) is 0 Å². The Morgan fingerprint density at radius 2 is 2.00 bits per heavy atom. The molecule has 0 saturated carbocycles. The van der Waals surface area contributed by atoms with Crippen LogP contribution in [0.15, 0.2) is 10.7 Å². The quantitative estimate of drug-likeness (QED) is 0.757. The molecule has 0 radical (unpaired) electrons. The topological polar surface area (TPSA) is 39.1 Å². The standard InChI is InChI=1S/C16H30BrN3O/c1-7-10-20-14(12(17)11-19-20)13(18-8-2)15(21-9-3)16(4,5)6/h11,13,15,18H,7-10H2,1-6H3. The Labute approximate surface area is 137 Å². The molecule has 21 heavy (non-hydrogen) atoms. The second kappa shape index (κ2) is 8.30. The lowest BCUT2D eigenvalue weighted by Gasteiger charge is -2.37. The molecule has 1 heterocycles. The third kappa shape index (κ3) is 4.80. The van der Waals surface area contributed by atoms with Crippen LogP contribution in [0, 0.1) is 5.41 Å². The molecule has 1 rings (SSSR count). The van der Waals surface area contributed by atoms with Crippen molar-refractivity contribution in [1.82, 2.24) is 15.1 Å². The maximum absolute atomic E-state index is 6.11. The molecule has 1 aromatic rings. The summed E-state index contributed by atoms with van der Waals surface area (Å²) in [5.41, 5.74) is 1.23. The van der Waals surface area contributed by atoms with Gasteiger partial charge in [0.05, 0.1) is 28.5 Å². The summed E-state index contributed by atoms with van der Waals surface area (Å²) in [5, 5.41) is 8.11. The van der Waals surface area contributed by atoms with E-state index in [2.05, 4.69) is 72.6 Å². The summed E-state index contributed by atoms with van der Waals surface area (Å²) < 4.78 is 9.25. The van der Waals surface area contributed by atoms with E-state index in [4.69, 9.17) is 4.74 Å². The van der Waals surface area contributed by atoms with Gasteiger partial charge in [-0.2, -0.15) is 5.10 Å². The zero-order chi connectivity index (χ0) is 16.0. The molecule has 1 aromatic heterocycles. The third-order valence-electron chi connectivity index (χ3n) is 3.49. The number of hydrogen-bond acceptors (Lipinski definition) is 3. The molecule has 0 fully saturated rings. The van der Waals surface area contributed by atoms with E-state index in [1.807, 2.05) is 6.20 Å². The number of nitrogens with one attached hydrogen (secondary N) is 1. The van der Waals surface area contributed by atoms with Crippen LogP contribution in [-0.4, -0.2) is 29.0 Å². The highest BCUT2D eigenvalue weighted by molar-refractivity contribution is 9.10. The van der Waals surface area contributed by atoms with Gasteiger partial charge in [0.15, 0.2) is 0 Å². The van der Waals surface area contributed by atoms with Crippen molar-refractivity contribution in [3.63, 3.8) is 0 Å². The molecule has 0 aliphatic carbocycles. The highest BCUT2D eigenvalue weighted by Gasteiger charge is 2.36. The summed E-state index contributed by atoms with van der Waals surface area (Å²) in [4.78, 5) is 0. The van der Waals surface area contributed by atoms with Gasteiger partial charge in [-0.15, -0.1) is 0 Å². The fraction of sp³-hybridized carbons (Fsp3) is 0.812. The monoisotopic (exact) mass is 359 g/mol. The lowest BCUT2D eigenvalue weighted by molar-refractivity contribution is -0.0382. The zero-order valence-corrected chi connectivity index (χ0v) is 15.8. The van der Waals surface area contributed by atoms with Crippen molar-refractivity contribution in [3.8, 4) is 0 Å². The molecule has 0 aromatic carbocycles. The van der Waals surface area contributed by atoms with Gasteiger partial charge in [0.2, 0.25) is 0 Å². The Morgan fingerprint density at radius 3 is 2.48 bits per heavy atom. The summed E-state index contributed by atoms with van der Waals surface area (Å²) in [6.45, 7) is 15.6. The molecule has 0 saturated heterocycles. The van der Waals surface area contributed by atoms with E-state index in [1.54, 1.807) is 0 Å². The number of rotatable bonds is 8. The Hall–Kier alpha value is -0.390. The number of aryl methyl sites for hydroxylation is 1. The summed E-state index contributed by atoms with van der Waals surface area (Å²) in [5.74, 6) is 0. The molecular formula is C16H30BrN3O. The molecule has 5 heteroatoms. The predicted octanol–water partition coefficient (Wildman–Crippen LogP) is 4.16. The van der Waals surface area contributed by atoms with Crippen LogP contribution in [0.3, 0.4) is 0 Å². The van der Waals surface area contributed by atoms with Crippen molar-refractivity contribution in [2.24, 2.45) is 5.41 Å². The molecule has 122 valence electrons. The van der Waals surface area contributed by atoms with Crippen molar-refractivity contribution in [3.05, 3.63) is 16.4 Å². The molecule has 2 atom stereocenters. The molecule has 0 bridgehead atoms. The first kappa shape index (κ1) is 18.7. The van der Waals surface area contributed by atoms with Gasteiger partial charge < -0.3 is 10.1 Å².